The summed E-state index contributed by atoms with van der Waals surface area (Å²) in [6.07, 6.45) is 2.06. The van der Waals surface area contributed by atoms with Gasteiger partial charge in [0.15, 0.2) is 0 Å². The first kappa shape index (κ1) is 13.5. The zero-order valence-electron chi connectivity index (χ0n) is 11.0. The van der Waals surface area contributed by atoms with E-state index >= 15 is 0 Å². The van der Waals surface area contributed by atoms with E-state index in [1.165, 1.54) is 12.8 Å². The summed E-state index contributed by atoms with van der Waals surface area (Å²) in [5, 5.41) is 13.1. The van der Waals surface area contributed by atoms with Crippen LogP contribution in [-0.2, 0) is 11.3 Å². The molecule has 100 valence electrons. The Balaban J connectivity index is 1.53. The summed E-state index contributed by atoms with van der Waals surface area (Å²) in [5.74, 6) is 0.842. The van der Waals surface area contributed by atoms with Gasteiger partial charge in [-0.1, -0.05) is 37.3 Å². The first-order valence-corrected chi connectivity index (χ1v) is 6.77. The minimum absolute atomic E-state index is 0.393. The average Bonchev–Trinajstić information content (AvgIpc) is 2.34. The van der Waals surface area contributed by atoms with Gasteiger partial charge in [-0.05, 0) is 24.3 Å². The number of hydrogen-bond acceptors (Lipinski definition) is 3. The fourth-order valence-electron chi connectivity index (χ4n) is 2.32. The predicted octanol–water partition coefficient (Wildman–Crippen LogP) is 1.95. The van der Waals surface area contributed by atoms with Crippen molar-refractivity contribution in [2.24, 2.45) is 5.92 Å². The van der Waals surface area contributed by atoms with Crippen LogP contribution in [0.25, 0.3) is 0 Å². The molecule has 0 heterocycles. The van der Waals surface area contributed by atoms with Crippen molar-refractivity contribution in [1.29, 1.82) is 0 Å². The predicted molar refractivity (Wildman–Crippen MR) is 72.3 cm³/mol. The normalized spacial score (nSPS) is 24.6. The van der Waals surface area contributed by atoms with Gasteiger partial charge in [-0.25, -0.2) is 0 Å². The molecule has 1 atom stereocenters. The van der Waals surface area contributed by atoms with Gasteiger partial charge in [-0.3, -0.25) is 0 Å². The van der Waals surface area contributed by atoms with Crippen LogP contribution in [0.2, 0.25) is 0 Å². The highest BCUT2D eigenvalue weighted by molar-refractivity contribution is 5.13. The Kier molecular flexibility index (Phi) is 5.17. The van der Waals surface area contributed by atoms with Crippen LogP contribution >= 0.6 is 0 Å². The van der Waals surface area contributed by atoms with E-state index in [0.29, 0.717) is 25.8 Å². The van der Waals surface area contributed by atoms with E-state index in [1.807, 2.05) is 30.3 Å². The minimum atomic E-state index is -0.412. The van der Waals surface area contributed by atoms with E-state index in [2.05, 4.69) is 12.2 Å². The van der Waals surface area contributed by atoms with Gasteiger partial charge < -0.3 is 15.2 Å². The summed E-state index contributed by atoms with van der Waals surface area (Å²) in [6.45, 7) is 3.85. The van der Waals surface area contributed by atoms with Crippen molar-refractivity contribution in [2.45, 2.75) is 38.5 Å². The molecule has 1 aliphatic carbocycles. The Bertz CT molecular complexity index is 336. The van der Waals surface area contributed by atoms with Crippen molar-refractivity contribution in [1.82, 2.24) is 5.32 Å². The summed E-state index contributed by atoms with van der Waals surface area (Å²) >= 11 is 0. The van der Waals surface area contributed by atoms with Crippen LogP contribution in [-0.4, -0.2) is 30.4 Å². The summed E-state index contributed by atoms with van der Waals surface area (Å²) in [5.41, 5.74) is 1.14. The molecule has 1 aromatic rings. The SMILES string of the molecule is CC1CC(NCC(O)COCc2ccccc2)C1. The molecule has 3 heteroatoms. The van der Waals surface area contributed by atoms with Gasteiger partial charge in [0.05, 0.1) is 19.3 Å². The van der Waals surface area contributed by atoms with E-state index in [1.54, 1.807) is 0 Å². The van der Waals surface area contributed by atoms with Gasteiger partial charge in [0.1, 0.15) is 0 Å². The molecule has 0 spiro atoms. The second kappa shape index (κ2) is 6.88. The average molecular weight is 249 g/mol. The lowest BCUT2D eigenvalue weighted by Gasteiger charge is -2.34. The molecule has 18 heavy (non-hydrogen) atoms. The topological polar surface area (TPSA) is 41.5 Å². The monoisotopic (exact) mass is 249 g/mol. The van der Waals surface area contributed by atoms with Crippen molar-refractivity contribution in [3.05, 3.63) is 35.9 Å². The number of ether oxygens (including phenoxy) is 1. The first-order valence-electron chi connectivity index (χ1n) is 6.77. The van der Waals surface area contributed by atoms with Crippen molar-refractivity contribution in [3.63, 3.8) is 0 Å². The summed E-state index contributed by atoms with van der Waals surface area (Å²) in [4.78, 5) is 0. The van der Waals surface area contributed by atoms with Crippen molar-refractivity contribution >= 4 is 0 Å². The van der Waals surface area contributed by atoms with E-state index < -0.39 is 6.10 Å². The third-order valence-electron chi connectivity index (χ3n) is 3.44. The molecule has 1 aliphatic rings. The summed E-state index contributed by atoms with van der Waals surface area (Å²) in [7, 11) is 0. The zero-order valence-corrected chi connectivity index (χ0v) is 11.0. The number of benzene rings is 1. The van der Waals surface area contributed by atoms with Crippen LogP contribution in [0.5, 0.6) is 0 Å². The molecule has 2 rings (SSSR count). The number of rotatable bonds is 7. The molecule has 0 aromatic heterocycles. The number of hydrogen-bond donors (Lipinski definition) is 2. The van der Waals surface area contributed by atoms with Crippen LogP contribution in [0.4, 0.5) is 0 Å². The van der Waals surface area contributed by atoms with Gasteiger partial charge in [-0.2, -0.15) is 0 Å². The number of aliphatic hydroxyl groups excluding tert-OH is 1. The number of aliphatic hydroxyl groups is 1. The largest absolute Gasteiger partial charge is 0.389 e. The Morgan fingerprint density at radius 3 is 2.72 bits per heavy atom. The van der Waals surface area contributed by atoms with Crippen LogP contribution < -0.4 is 5.32 Å². The zero-order chi connectivity index (χ0) is 12.8. The lowest BCUT2D eigenvalue weighted by atomic mass is 9.82. The van der Waals surface area contributed by atoms with Gasteiger partial charge >= 0.3 is 0 Å². The quantitative estimate of drug-likeness (QED) is 0.776. The molecule has 0 saturated heterocycles. The lowest BCUT2D eigenvalue weighted by molar-refractivity contribution is 0.0251. The van der Waals surface area contributed by atoms with Gasteiger partial charge in [0, 0.05) is 12.6 Å². The highest BCUT2D eigenvalue weighted by atomic mass is 16.5. The van der Waals surface area contributed by atoms with Gasteiger partial charge in [0.2, 0.25) is 0 Å². The summed E-state index contributed by atoms with van der Waals surface area (Å²) < 4.78 is 5.50. The molecule has 0 radical (unpaired) electrons. The molecule has 0 amide bonds. The smallest absolute Gasteiger partial charge is 0.0897 e. The van der Waals surface area contributed by atoms with Crippen LogP contribution in [0, 0.1) is 5.92 Å². The molecular formula is C15H23NO2. The van der Waals surface area contributed by atoms with E-state index in [4.69, 9.17) is 4.74 Å². The van der Waals surface area contributed by atoms with Crippen LogP contribution in [0.3, 0.4) is 0 Å². The maximum absolute atomic E-state index is 9.77. The molecule has 1 saturated carbocycles. The van der Waals surface area contributed by atoms with E-state index in [9.17, 15) is 5.11 Å². The molecule has 1 fully saturated rings. The molecule has 1 unspecified atom stereocenters. The van der Waals surface area contributed by atoms with Crippen molar-refractivity contribution in [3.8, 4) is 0 Å². The van der Waals surface area contributed by atoms with E-state index in [-0.39, 0.29) is 0 Å². The highest BCUT2D eigenvalue weighted by Gasteiger charge is 2.24. The molecule has 0 aliphatic heterocycles. The lowest BCUT2D eigenvalue weighted by Crippen LogP contribution is -2.44. The Morgan fingerprint density at radius 2 is 2.06 bits per heavy atom. The third kappa shape index (κ3) is 4.41. The fraction of sp³-hybridized carbons (Fsp3) is 0.600. The first-order chi connectivity index (χ1) is 8.74. The van der Waals surface area contributed by atoms with Crippen LogP contribution in [0.15, 0.2) is 30.3 Å². The Labute approximate surface area is 109 Å². The van der Waals surface area contributed by atoms with Gasteiger partial charge in [0.25, 0.3) is 0 Å². The fourth-order valence-corrected chi connectivity index (χ4v) is 2.32. The standard InChI is InChI=1S/C15H23NO2/c1-12-7-14(8-12)16-9-15(17)11-18-10-13-5-3-2-4-6-13/h2-6,12,14-17H,7-11H2,1H3. The molecular weight excluding hydrogens is 226 g/mol. The Morgan fingerprint density at radius 1 is 1.33 bits per heavy atom. The van der Waals surface area contributed by atoms with Gasteiger partial charge in [-0.15, -0.1) is 0 Å². The van der Waals surface area contributed by atoms with Crippen molar-refractivity contribution in [2.75, 3.05) is 13.2 Å². The molecule has 3 nitrogen and oxygen atoms in total. The second-order valence-electron chi connectivity index (χ2n) is 5.34. The molecule has 1 aromatic carbocycles. The minimum Gasteiger partial charge on any atom is -0.389 e. The number of nitrogens with one attached hydrogen (secondary N) is 1. The maximum atomic E-state index is 9.77. The Hall–Kier alpha value is -0.900. The van der Waals surface area contributed by atoms with Crippen LogP contribution in [0.1, 0.15) is 25.3 Å². The van der Waals surface area contributed by atoms with E-state index in [0.717, 1.165) is 11.5 Å². The maximum Gasteiger partial charge on any atom is 0.0897 e. The summed E-state index contributed by atoms with van der Waals surface area (Å²) in [6, 6.07) is 10.6. The molecule has 2 N–H and O–H groups in total. The molecule has 0 bridgehead atoms. The highest BCUT2D eigenvalue weighted by Crippen LogP contribution is 2.25. The van der Waals surface area contributed by atoms with Crippen molar-refractivity contribution < 1.29 is 9.84 Å². The third-order valence-corrected chi connectivity index (χ3v) is 3.44. The second-order valence-corrected chi connectivity index (χ2v) is 5.34.